The number of nitrogens with one attached hydrogen (secondary N) is 3. The van der Waals surface area contributed by atoms with Crippen LogP contribution in [0.5, 0.6) is 5.75 Å². The van der Waals surface area contributed by atoms with E-state index in [2.05, 4.69) is 20.9 Å². The smallest absolute Gasteiger partial charge is 0.315 e. The maximum Gasteiger partial charge on any atom is 0.315 e. The Hall–Kier alpha value is -3.06. The van der Waals surface area contributed by atoms with Gasteiger partial charge in [0, 0.05) is 19.2 Å². The average molecular weight is 399 g/mol. The maximum absolute atomic E-state index is 12.4. The Bertz CT molecular complexity index is 838. The number of hydrogen-bond acceptors (Lipinski definition) is 4. The fourth-order valence-electron chi connectivity index (χ4n) is 3.06. The van der Waals surface area contributed by atoms with Gasteiger partial charge < -0.3 is 25.6 Å². The number of nitrogens with zero attached hydrogens (tertiary/aromatic N) is 1. The second-order valence-corrected chi connectivity index (χ2v) is 7.14. The zero-order chi connectivity index (χ0) is 21.4. The zero-order valence-electron chi connectivity index (χ0n) is 17.7. The lowest BCUT2D eigenvalue weighted by molar-refractivity contribution is -0.114. The van der Waals surface area contributed by atoms with Crippen LogP contribution in [0.2, 0.25) is 0 Å². The highest BCUT2D eigenvalue weighted by molar-refractivity contribution is 5.88. The van der Waals surface area contributed by atoms with Gasteiger partial charge in [-0.15, -0.1) is 0 Å². The Kier molecular flexibility index (Phi) is 8.03. The standard InChI is InChI=1S/C22H30N4O3/c1-15(17-8-6-10-19(12-17)25-16(2)27)24-22(28)23-14-21(26(3)4)18-9-7-11-20(13-18)29-5/h6-13,15,21H,14H2,1-5H3,(H,25,27)(H2,23,24,28). The van der Waals surface area contributed by atoms with Crippen LogP contribution >= 0.6 is 0 Å². The van der Waals surface area contributed by atoms with E-state index in [1.165, 1.54) is 6.92 Å². The monoisotopic (exact) mass is 398 g/mol. The van der Waals surface area contributed by atoms with Crippen molar-refractivity contribution in [2.45, 2.75) is 25.9 Å². The van der Waals surface area contributed by atoms with Crippen LogP contribution in [0.15, 0.2) is 48.5 Å². The SMILES string of the molecule is COc1cccc(C(CNC(=O)NC(C)c2cccc(NC(C)=O)c2)N(C)C)c1. The predicted octanol–water partition coefficient (Wildman–Crippen LogP) is 3.32. The van der Waals surface area contributed by atoms with Crippen molar-refractivity contribution in [3.8, 4) is 5.75 Å². The molecule has 0 heterocycles. The summed E-state index contributed by atoms with van der Waals surface area (Å²) in [6.45, 7) is 3.81. The molecule has 0 fully saturated rings. The number of anilines is 1. The molecular formula is C22H30N4O3. The fraction of sp³-hybridized carbons (Fsp3) is 0.364. The molecule has 7 heteroatoms. The number of methoxy groups -OCH3 is 1. The molecule has 29 heavy (non-hydrogen) atoms. The Labute approximate surface area is 172 Å². The van der Waals surface area contributed by atoms with Gasteiger partial charge in [0.25, 0.3) is 0 Å². The van der Waals surface area contributed by atoms with Crippen LogP contribution in [0.3, 0.4) is 0 Å². The number of benzene rings is 2. The largest absolute Gasteiger partial charge is 0.497 e. The summed E-state index contributed by atoms with van der Waals surface area (Å²) in [6, 6.07) is 14.8. The highest BCUT2D eigenvalue weighted by Gasteiger charge is 2.17. The molecule has 2 unspecified atom stereocenters. The van der Waals surface area contributed by atoms with Gasteiger partial charge in [-0.3, -0.25) is 4.79 Å². The van der Waals surface area contributed by atoms with E-state index in [9.17, 15) is 9.59 Å². The normalized spacial score (nSPS) is 12.8. The van der Waals surface area contributed by atoms with E-state index in [0.29, 0.717) is 12.2 Å². The zero-order valence-corrected chi connectivity index (χ0v) is 17.7. The third-order valence-electron chi connectivity index (χ3n) is 4.61. The predicted molar refractivity (Wildman–Crippen MR) is 115 cm³/mol. The highest BCUT2D eigenvalue weighted by atomic mass is 16.5. The Morgan fingerprint density at radius 1 is 1.07 bits per heavy atom. The van der Waals surface area contributed by atoms with Crippen molar-refractivity contribution in [1.82, 2.24) is 15.5 Å². The summed E-state index contributed by atoms with van der Waals surface area (Å²) < 4.78 is 5.30. The van der Waals surface area contributed by atoms with Crippen LogP contribution in [0.25, 0.3) is 0 Å². The van der Waals surface area contributed by atoms with Crippen molar-refractivity contribution >= 4 is 17.6 Å². The first-order valence-corrected chi connectivity index (χ1v) is 9.52. The topological polar surface area (TPSA) is 82.7 Å². The van der Waals surface area contributed by atoms with Gasteiger partial charge in [-0.05, 0) is 56.4 Å². The molecule has 0 aliphatic carbocycles. The van der Waals surface area contributed by atoms with Crippen LogP contribution < -0.4 is 20.7 Å². The summed E-state index contributed by atoms with van der Waals surface area (Å²) in [5.41, 5.74) is 2.67. The van der Waals surface area contributed by atoms with Crippen LogP contribution in [0, 0.1) is 0 Å². The van der Waals surface area contributed by atoms with Gasteiger partial charge in [0.05, 0.1) is 19.2 Å². The van der Waals surface area contributed by atoms with Crippen LogP contribution in [-0.2, 0) is 4.79 Å². The maximum atomic E-state index is 12.4. The Morgan fingerprint density at radius 2 is 1.76 bits per heavy atom. The average Bonchev–Trinajstić information content (AvgIpc) is 2.67. The first-order valence-electron chi connectivity index (χ1n) is 9.52. The van der Waals surface area contributed by atoms with Crippen molar-refractivity contribution in [2.75, 3.05) is 33.1 Å². The van der Waals surface area contributed by atoms with E-state index < -0.39 is 0 Å². The first kappa shape index (κ1) is 22.2. The van der Waals surface area contributed by atoms with Gasteiger partial charge in [0.1, 0.15) is 5.75 Å². The van der Waals surface area contributed by atoms with Crippen LogP contribution in [0.1, 0.15) is 37.1 Å². The molecule has 2 aromatic carbocycles. The van der Waals surface area contributed by atoms with E-state index in [-0.39, 0.29) is 24.0 Å². The molecule has 3 N–H and O–H groups in total. The van der Waals surface area contributed by atoms with Gasteiger partial charge in [-0.25, -0.2) is 4.79 Å². The number of carbonyl (C=O) groups excluding carboxylic acids is 2. The summed E-state index contributed by atoms with van der Waals surface area (Å²) in [5.74, 6) is 0.652. The molecule has 0 radical (unpaired) electrons. The highest BCUT2D eigenvalue weighted by Crippen LogP contribution is 2.22. The summed E-state index contributed by atoms with van der Waals surface area (Å²) in [5, 5.41) is 8.63. The minimum Gasteiger partial charge on any atom is -0.497 e. The van der Waals surface area contributed by atoms with Crippen LogP contribution in [-0.4, -0.2) is 44.6 Å². The van der Waals surface area contributed by atoms with E-state index in [0.717, 1.165) is 16.9 Å². The fourth-order valence-corrected chi connectivity index (χ4v) is 3.06. The van der Waals surface area contributed by atoms with Crippen LogP contribution in [0.4, 0.5) is 10.5 Å². The number of amides is 3. The molecule has 2 aromatic rings. The van der Waals surface area contributed by atoms with E-state index in [4.69, 9.17) is 4.74 Å². The first-order chi connectivity index (χ1) is 13.8. The van der Waals surface area contributed by atoms with Gasteiger partial charge >= 0.3 is 6.03 Å². The summed E-state index contributed by atoms with van der Waals surface area (Å²) in [6.07, 6.45) is 0. The van der Waals surface area contributed by atoms with Crippen molar-refractivity contribution in [2.24, 2.45) is 0 Å². The molecule has 0 saturated carbocycles. The Morgan fingerprint density at radius 3 is 2.41 bits per heavy atom. The van der Waals surface area contributed by atoms with E-state index >= 15 is 0 Å². The molecule has 0 saturated heterocycles. The lowest BCUT2D eigenvalue weighted by Gasteiger charge is -2.26. The summed E-state index contributed by atoms with van der Waals surface area (Å²) >= 11 is 0. The van der Waals surface area contributed by atoms with E-state index in [1.807, 2.05) is 69.6 Å². The minimum atomic E-state index is -0.253. The number of urea groups is 1. The number of hydrogen-bond donors (Lipinski definition) is 3. The van der Waals surface area contributed by atoms with Crippen molar-refractivity contribution in [3.05, 3.63) is 59.7 Å². The molecule has 2 rings (SSSR count). The summed E-state index contributed by atoms with van der Waals surface area (Å²) in [4.78, 5) is 25.7. The summed E-state index contributed by atoms with van der Waals surface area (Å²) in [7, 11) is 5.58. The molecule has 2 atom stereocenters. The molecule has 0 bridgehead atoms. The quantitative estimate of drug-likeness (QED) is 0.637. The number of rotatable bonds is 8. The van der Waals surface area contributed by atoms with Gasteiger partial charge in [0.15, 0.2) is 0 Å². The molecule has 0 spiro atoms. The van der Waals surface area contributed by atoms with Gasteiger partial charge in [-0.1, -0.05) is 24.3 Å². The number of ether oxygens (including phenoxy) is 1. The van der Waals surface area contributed by atoms with Crippen molar-refractivity contribution in [1.29, 1.82) is 0 Å². The molecule has 0 aliphatic rings. The lowest BCUT2D eigenvalue weighted by Crippen LogP contribution is -2.41. The lowest BCUT2D eigenvalue weighted by atomic mass is 10.1. The van der Waals surface area contributed by atoms with Crippen molar-refractivity contribution in [3.63, 3.8) is 0 Å². The molecular weight excluding hydrogens is 368 g/mol. The second-order valence-electron chi connectivity index (χ2n) is 7.14. The molecule has 156 valence electrons. The second kappa shape index (κ2) is 10.5. The minimum absolute atomic E-state index is 0.00857. The number of carbonyl (C=O) groups is 2. The third-order valence-corrected chi connectivity index (χ3v) is 4.61. The van der Waals surface area contributed by atoms with Gasteiger partial charge in [0.2, 0.25) is 5.91 Å². The molecule has 3 amide bonds. The Balaban J connectivity index is 1.97. The molecule has 0 aliphatic heterocycles. The number of likely N-dealkylation sites (N-methyl/N-ethyl adjacent to an activating group) is 1. The van der Waals surface area contributed by atoms with Crippen molar-refractivity contribution < 1.29 is 14.3 Å². The third kappa shape index (κ3) is 6.80. The van der Waals surface area contributed by atoms with Gasteiger partial charge in [-0.2, -0.15) is 0 Å². The van der Waals surface area contributed by atoms with E-state index in [1.54, 1.807) is 7.11 Å². The molecule has 0 aromatic heterocycles. The molecule has 7 nitrogen and oxygen atoms in total.